The van der Waals surface area contributed by atoms with Gasteiger partial charge in [-0.1, -0.05) is 0 Å². The van der Waals surface area contributed by atoms with E-state index < -0.39 is 10.0 Å². The van der Waals surface area contributed by atoms with Gasteiger partial charge in [-0.25, -0.2) is 13.4 Å². The lowest BCUT2D eigenvalue weighted by molar-refractivity contribution is 0.102. The van der Waals surface area contributed by atoms with Gasteiger partial charge in [-0.15, -0.1) is 0 Å². The lowest BCUT2D eigenvalue weighted by atomic mass is 10.1. The minimum atomic E-state index is -3.59. The van der Waals surface area contributed by atoms with Gasteiger partial charge in [0, 0.05) is 37.3 Å². The second kappa shape index (κ2) is 7.90. The van der Waals surface area contributed by atoms with E-state index in [9.17, 15) is 18.0 Å². The van der Waals surface area contributed by atoms with Crippen LogP contribution in [0.1, 0.15) is 36.5 Å². The Kier molecular flexibility index (Phi) is 5.40. The van der Waals surface area contributed by atoms with Crippen molar-refractivity contribution in [2.75, 3.05) is 12.4 Å². The van der Waals surface area contributed by atoms with E-state index in [2.05, 4.69) is 10.3 Å². The number of carbonyl (C=O) groups excluding carboxylic acids is 1. The minimum Gasteiger partial charge on any atom is -0.322 e. The van der Waals surface area contributed by atoms with Crippen molar-refractivity contribution >= 4 is 32.5 Å². The van der Waals surface area contributed by atoms with Gasteiger partial charge in [0.05, 0.1) is 15.8 Å². The van der Waals surface area contributed by atoms with Crippen molar-refractivity contribution < 1.29 is 13.2 Å². The lowest BCUT2D eigenvalue weighted by Crippen LogP contribution is -2.33. The second-order valence-corrected chi connectivity index (χ2v) is 9.91. The van der Waals surface area contributed by atoms with Gasteiger partial charge in [-0.05, 0) is 62.7 Å². The van der Waals surface area contributed by atoms with Crippen LogP contribution in [0.25, 0.3) is 10.9 Å². The quantitative estimate of drug-likeness (QED) is 0.657. The summed E-state index contributed by atoms with van der Waals surface area (Å²) in [7, 11) is -2.06. The molecule has 162 valence electrons. The molecule has 0 saturated heterocycles. The summed E-state index contributed by atoms with van der Waals surface area (Å²) in [6, 6.07) is 10.7. The van der Waals surface area contributed by atoms with Gasteiger partial charge in [-0.3, -0.25) is 14.2 Å². The van der Waals surface area contributed by atoms with E-state index in [1.54, 1.807) is 48.7 Å². The zero-order chi connectivity index (χ0) is 22.3. The van der Waals surface area contributed by atoms with Gasteiger partial charge in [0.2, 0.25) is 10.0 Å². The smallest absolute Gasteiger partial charge is 0.261 e. The van der Waals surface area contributed by atoms with E-state index in [1.807, 2.05) is 0 Å². The molecule has 2 aromatic carbocycles. The number of amides is 1. The van der Waals surface area contributed by atoms with E-state index in [-0.39, 0.29) is 22.4 Å². The fourth-order valence-electron chi connectivity index (χ4n) is 3.58. The topological polar surface area (TPSA) is 101 Å². The molecule has 1 aromatic heterocycles. The number of benzene rings is 2. The average molecular weight is 441 g/mol. The first-order chi connectivity index (χ1) is 14.7. The highest BCUT2D eigenvalue weighted by molar-refractivity contribution is 7.89. The number of nitrogens with one attached hydrogen (secondary N) is 1. The van der Waals surface area contributed by atoms with Crippen molar-refractivity contribution in [3.8, 4) is 0 Å². The van der Waals surface area contributed by atoms with Gasteiger partial charge in [0.25, 0.3) is 11.5 Å². The van der Waals surface area contributed by atoms with Crippen LogP contribution in [0, 0.1) is 0 Å². The first-order valence-corrected chi connectivity index (χ1v) is 11.6. The van der Waals surface area contributed by atoms with Crippen LogP contribution in [-0.4, -0.2) is 41.3 Å². The van der Waals surface area contributed by atoms with Crippen LogP contribution >= 0.6 is 0 Å². The highest BCUT2D eigenvalue weighted by Gasteiger charge is 2.23. The highest BCUT2D eigenvalue weighted by atomic mass is 32.2. The van der Waals surface area contributed by atoms with E-state index >= 15 is 0 Å². The van der Waals surface area contributed by atoms with Crippen LogP contribution in [0.2, 0.25) is 0 Å². The third kappa shape index (κ3) is 3.86. The molecule has 0 bridgehead atoms. The zero-order valence-corrected chi connectivity index (χ0v) is 18.4. The van der Waals surface area contributed by atoms with Crippen molar-refractivity contribution in [1.82, 2.24) is 13.9 Å². The number of fused-ring (bicyclic) bond motifs is 2. The molecule has 0 aliphatic carbocycles. The molecule has 1 aliphatic heterocycles. The first kappa shape index (κ1) is 21.2. The maximum Gasteiger partial charge on any atom is 0.261 e. The largest absolute Gasteiger partial charge is 0.322 e. The lowest BCUT2D eigenvalue weighted by Gasteiger charge is -2.21. The summed E-state index contributed by atoms with van der Waals surface area (Å²) in [5, 5.41) is 3.25. The molecule has 0 fully saturated rings. The number of aryl methyl sites for hydroxylation is 1. The fraction of sp³-hybridized carbons (Fsp3) is 0.318. The standard InChI is InChI=1S/C22H24N4O4S/c1-14(2)25(3)31(29,30)17-9-7-16(8-10-17)23-21(27)15-6-11-18-19(13-15)24-20-5-4-12-26(20)22(18)28/h6-11,13-14H,4-5,12H2,1-3H3,(H,23,27). The van der Waals surface area contributed by atoms with E-state index in [1.165, 1.54) is 23.5 Å². The maximum absolute atomic E-state index is 12.7. The zero-order valence-electron chi connectivity index (χ0n) is 17.6. The molecule has 0 saturated carbocycles. The van der Waals surface area contributed by atoms with Crippen molar-refractivity contribution in [2.45, 2.75) is 44.2 Å². The molecule has 3 aromatic rings. The maximum atomic E-state index is 12.7. The summed E-state index contributed by atoms with van der Waals surface area (Å²) in [6.07, 6.45) is 1.65. The van der Waals surface area contributed by atoms with Crippen LogP contribution in [0.5, 0.6) is 0 Å². The highest BCUT2D eigenvalue weighted by Crippen LogP contribution is 2.20. The number of hydrogen-bond acceptors (Lipinski definition) is 5. The number of rotatable bonds is 5. The van der Waals surface area contributed by atoms with Crippen LogP contribution in [0.15, 0.2) is 52.2 Å². The Labute approximate surface area is 180 Å². The number of hydrogen-bond donors (Lipinski definition) is 1. The van der Waals surface area contributed by atoms with Crippen molar-refractivity contribution in [2.24, 2.45) is 0 Å². The van der Waals surface area contributed by atoms with Crippen LogP contribution in [0.3, 0.4) is 0 Å². The number of nitrogens with zero attached hydrogens (tertiary/aromatic N) is 3. The van der Waals surface area contributed by atoms with Crippen molar-refractivity contribution in [3.05, 3.63) is 64.2 Å². The summed E-state index contributed by atoms with van der Waals surface area (Å²) in [6.45, 7) is 4.28. The third-order valence-corrected chi connectivity index (χ3v) is 7.64. The Balaban J connectivity index is 1.56. The van der Waals surface area contributed by atoms with Gasteiger partial charge in [0.15, 0.2) is 0 Å². The summed E-state index contributed by atoms with van der Waals surface area (Å²) < 4.78 is 28.1. The summed E-state index contributed by atoms with van der Waals surface area (Å²) >= 11 is 0. The Morgan fingerprint density at radius 1 is 1.16 bits per heavy atom. The number of aromatic nitrogens is 2. The second-order valence-electron chi connectivity index (χ2n) is 7.91. The van der Waals surface area contributed by atoms with Gasteiger partial charge in [-0.2, -0.15) is 4.31 Å². The Morgan fingerprint density at radius 2 is 1.87 bits per heavy atom. The molecular weight excluding hydrogens is 416 g/mol. The summed E-state index contributed by atoms with van der Waals surface area (Å²) in [5.41, 5.74) is 1.27. The molecule has 0 spiro atoms. The predicted molar refractivity (Wildman–Crippen MR) is 119 cm³/mol. The Morgan fingerprint density at radius 3 is 2.55 bits per heavy atom. The molecule has 0 atom stereocenters. The number of anilines is 1. The molecule has 9 heteroatoms. The summed E-state index contributed by atoms with van der Waals surface area (Å²) in [4.78, 5) is 30.0. The molecule has 8 nitrogen and oxygen atoms in total. The minimum absolute atomic E-state index is 0.0763. The third-order valence-electron chi connectivity index (χ3n) is 5.60. The van der Waals surface area contributed by atoms with Crippen molar-refractivity contribution in [1.29, 1.82) is 0 Å². The normalized spacial score (nSPS) is 13.7. The number of carbonyl (C=O) groups is 1. The van der Waals surface area contributed by atoms with E-state index in [0.717, 1.165) is 18.7 Å². The Hall–Kier alpha value is -3.04. The van der Waals surface area contributed by atoms with Crippen LogP contribution in [0.4, 0.5) is 5.69 Å². The predicted octanol–water partition coefficient (Wildman–Crippen LogP) is 2.62. The molecule has 2 heterocycles. The van der Waals surface area contributed by atoms with Gasteiger partial charge >= 0.3 is 0 Å². The van der Waals surface area contributed by atoms with E-state index in [0.29, 0.717) is 28.7 Å². The molecule has 4 rings (SSSR count). The molecule has 1 amide bonds. The van der Waals surface area contributed by atoms with Gasteiger partial charge in [0.1, 0.15) is 5.82 Å². The average Bonchev–Trinajstić information content (AvgIpc) is 3.22. The monoisotopic (exact) mass is 440 g/mol. The van der Waals surface area contributed by atoms with Crippen molar-refractivity contribution in [3.63, 3.8) is 0 Å². The molecule has 31 heavy (non-hydrogen) atoms. The molecular formula is C22H24N4O4S. The first-order valence-electron chi connectivity index (χ1n) is 10.1. The SMILES string of the molecule is CC(C)N(C)S(=O)(=O)c1ccc(NC(=O)c2ccc3c(=O)n4c(nc3c2)CCC4)cc1. The molecule has 0 unspecified atom stereocenters. The van der Waals surface area contributed by atoms with Crippen LogP contribution in [-0.2, 0) is 23.0 Å². The van der Waals surface area contributed by atoms with Gasteiger partial charge < -0.3 is 5.32 Å². The van der Waals surface area contributed by atoms with E-state index in [4.69, 9.17) is 0 Å². The molecule has 1 N–H and O–H groups in total. The number of sulfonamides is 1. The van der Waals surface area contributed by atoms with Crippen LogP contribution < -0.4 is 10.9 Å². The molecule has 1 aliphatic rings. The fourth-order valence-corrected chi connectivity index (χ4v) is 4.95. The Bertz CT molecular complexity index is 1330. The summed E-state index contributed by atoms with van der Waals surface area (Å²) in [5.74, 6) is 0.387. The molecule has 0 radical (unpaired) electrons.